The highest BCUT2D eigenvalue weighted by Gasteiger charge is 2.27. The topological polar surface area (TPSA) is 49.8 Å². The molecule has 1 heterocycles. The molecule has 0 aromatic heterocycles. The maximum atomic E-state index is 12.4. The van der Waals surface area contributed by atoms with Gasteiger partial charge in [-0.15, -0.1) is 0 Å². The number of rotatable bonds is 4. The van der Waals surface area contributed by atoms with E-state index < -0.39 is 6.10 Å². The number of hydrogen-bond donors (Lipinski definition) is 1. The van der Waals surface area contributed by atoms with Gasteiger partial charge in [-0.25, -0.2) is 0 Å². The molecule has 20 heavy (non-hydrogen) atoms. The van der Waals surface area contributed by atoms with Crippen LogP contribution in [0, 0.1) is 12.8 Å². The predicted octanol–water partition coefficient (Wildman–Crippen LogP) is 1.99. The first kappa shape index (κ1) is 14.9. The number of amides is 1. The number of aliphatic hydroxyl groups excluding tert-OH is 1. The Morgan fingerprint density at radius 1 is 1.55 bits per heavy atom. The summed E-state index contributed by atoms with van der Waals surface area (Å²) < 4.78 is 5.73. The summed E-state index contributed by atoms with van der Waals surface area (Å²) in [5.41, 5.74) is 1.11. The number of nitrogens with zero attached hydrogens (tertiary/aromatic N) is 1. The third kappa shape index (κ3) is 3.73. The largest absolute Gasteiger partial charge is 0.481 e. The van der Waals surface area contributed by atoms with E-state index in [-0.39, 0.29) is 18.4 Å². The average Bonchev–Trinajstić information content (AvgIpc) is 2.46. The van der Waals surface area contributed by atoms with E-state index >= 15 is 0 Å². The zero-order chi connectivity index (χ0) is 14.5. The summed E-state index contributed by atoms with van der Waals surface area (Å²) in [7, 11) is 0. The molecule has 1 aromatic carbocycles. The Morgan fingerprint density at radius 3 is 3.05 bits per heavy atom. The van der Waals surface area contributed by atoms with Crippen LogP contribution in [0.2, 0.25) is 0 Å². The monoisotopic (exact) mass is 277 g/mol. The van der Waals surface area contributed by atoms with Crippen molar-refractivity contribution in [1.29, 1.82) is 0 Å². The maximum absolute atomic E-state index is 12.4. The van der Waals surface area contributed by atoms with Crippen LogP contribution in [0.4, 0.5) is 0 Å². The van der Waals surface area contributed by atoms with Gasteiger partial charge >= 0.3 is 0 Å². The highest BCUT2D eigenvalue weighted by atomic mass is 16.5. The lowest BCUT2D eigenvalue weighted by atomic mass is 9.99. The normalized spacial score (nSPS) is 20.6. The molecule has 0 spiro atoms. The third-order valence-electron chi connectivity index (χ3n) is 3.74. The van der Waals surface area contributed by atoms with Crippen molar-refractivity contribution in [3.05, 3.63) is 29.8 Å². The van der Waals surface area contributed by atoms with E-state index in [4.69, 9.17) is 4.74 Å². The van der Waals surface area contributed by atoms with Gasteiger partial charge < -0.3 is 14.7 Å². The van der Waals surface area contributed by atoms with Crippen LogP contribution in [-0.2, 0) is 4.79 Å². The van der Waals surface area contributed by atoms with Gasteiger partial charge in [0, 0.05) is 19.7 Å². The first-order chi connectivity index (χ1) is 9.60. The quantitative estimate of drug-likeness (QED) is 0.915. The Labute approximate surface area is 120 Å². The molecule has 2 unspecified atom stereocenters. The molecule has 2 atom stereocenters. The minimum atomic E-state index is -0.491. The molecule has 1 saturated heterocycles. The molecule has 0 saturated carbocycles. The molecule has 1 fully saturated rings. The highest BCUT2D eigenvalue weighted by molar-refractivity contribution is 5.81. The Bertz CT molecular complexity index is 461. The van der Waals surface area contributed by atoms with Gasteiger partial charge in [0.25, 0.3) is 5.91 Å². The lowest BCUT2D eigenvalue weighted by Crippen LogP contribution is -2.46. The maximum Gasteiger partial charge on any atom is 0.263 e. The van der Waals surface area contributed by atoms with Crippen LogP contribution in [0.15, 0.2) is 24.3 Å². The fraction of sp³-hybridized carbons (Fsp3) is 0.562. The Kier molecular flexibility index (Phi) is 5.01. The van der Waals surface area contributed by atoms with E-state index in [0.717, 1.165) is 30.7 Å². The molecule has 1 aliphatic rings. The van der Waals surface area contributed by atoms with Gasteiger partial charge in [0.15, 0.2) is 6.10 Å². The Balaban J connectivity index is 1.94. The number of likely N-dealkylation sites (tertiary alicyclic amines) is 1. The van der Waals surface area contributed by atoms with Gasteiger partial charge in [-0.2, -0.15) is 0 Å². The van der Waals surface area contributed by atoms with E-state index in [0.29, 0.717) is 6.54 Å². The number of benzene rings is 1. The Morgan fingerprint density at radius 2 is 2.35 bits per heavy atom. The molecule has 2 rings (SSSR count). The number of ether oxygens (including phenoxy) is 1. The van der Waals surface area contributed by atoms with Crippen LogP contribution in [0.5, 0.6) is 5.75 Å². The highest BCUT2D eigenvalue weighted by Crippen LogP contribution is 2.19. The van der Waals surface area contributed by atoms with Gasteiger partial charge in [0.1, 0.15) is 5.75 Å². The van der Waals surface area contributed by atoms with Crippen molar-refractivity contribution in [3.63, 3.8) is 0 Å². The number of piperidine rings is 1. The van der Waals surface area contributed by atoms with Crippen molar-refractivity contribution in [2.75, 3.05) is 19.7 Å². The fourth-order valence-corrected chi connectivity index (χ4v) is 2.61. The summed E-state index contributed by atoms with van der Waals surface area (Å²) in [5, 5.41) is 9.23. The van der Waals surface area contributed by atoms with Gasteiger partial charge in [-0.1, -0.05) is 12.1 Å². The third-order valence-corrected chi connectivity index (χ3v) is 3.74. The average molecular weight is 277 g/mol. The molecule has 4 heteroatoms. The molecule has 4 nitrogen and oxygen atoms in total. The first-order valence-corrected chi connectivity index (χ1v) is 7.23. The van der Waals surface area contributed by atoms with Crippen LogP contribution in [0.25, 0.3) is 0 Å². The van der Waals surface area contributed by atoms with Crippen LogP contribution in [0.3, 0.4) is 0 Å². The summed E-state index contributed by atoms with van der Waals surface area (Å²) >= 11 is 0. The molecule has 1 aliphatic heterocycles. The summed E-state index contributed by atoms with van der Waals surface area (Å²) in [6, 6.07) is 7.71. The summed E-state index contributed by atoms with van der Waals surface area (Å²) in [4.78, 5) is 14.2. The molecule has 0 bridgehead atoms. The van der Waals surface area contributed by atoms with Gasteiger partial charge in [-0.05, 0) is 50.3 Å². The summed E-state index contributed by atoms with van der Waals surface area (Å²) in [6.45, 7) is 5.33. The zero-order valence-corrected chi connectivity index (χ0v) is 12.2. The minimum Gasteiger partial charge on any atom is -0.481 e. The van der Waals surface area contributed by atoms with E-state index in [2.05, 4.69) is 0 Å². The molecule has 0 aliphatic carbocycles. The van der Waals surface area contributed by atoms with Gasteiger partial charge in [0.2, 0.25) is 0 Å². The number of carbonyl (C=O) groups excluding carboxylic acids is 1. The van der Waals surface area contributed by atoms with Crippen molar-refractivity contribution >= 4 is 5.91 Å². The van der Waals surface area contributed by atoms with Crippen LogP contribution < -0.4 is 4.74 Å². The summed E-state index contributed by atoms with van der Waals surface area (Å²) in [6.07, 6.45) is 1.45. The molecule has 1 aromatic rings. The smallest absolute Gasteiger partial charge is 0.263 e. The molecule has 1 N–H and O–H groups in total. The van der Waals surface area contributed by atoms with Crippen molar-refractivity contribution in [2.24, 2.45) is 5.92 Å². The van der Waals surface area contributed by atoms with E-state index in [1.807, 2.05) is 36.1 Å². The molecule has 0 radical (unpaired) electrons. The van der Waals surface area contributed by atoms with Crippen molar-refractivity contribution in [3.8, 4) is 5.75 Å². The predicted molar refractivity (Wildman–Crippen MR) is 77.7 cm³/mol. The first-order valence-electron chi connectivity index (χ1n) is 7.23. The number of hydrogen-bond acceptors (Lipinski definition) is 3. The lowest BCUT2D eigenvalue weighted by Gasteiger charge is -2.33. The van der Waals surface area contributed by atoms with Crippen LogP contribution in [0.1, 0.15) is 25.3 Å². The number of aryl methyl sites for hydroxylation is 1. The molecular weight excluding hydrogens is 254 g/mol. The number of aliphatic hydroxyl groups is 1. The molecular formula is C16H23NO3. The van der Waals surface area contributed by atoms with Gasteiger partial charge in [0.05, 0.1) is 0 Å². The van der Waals surface area contributed by atoms with Crippen LogP contribution >= 0.6 is 0 Å². The van der Waals surface area contributed by atoms with E-state index in [1.54, 1.807) is 6.92 Å². The Hall–Kier alpha value is -1.55. The van der Waals surface area contributed by atoms with E-state index in [9.17, 15) is 9.90 Å². The fourth-order valence-electron chi connectivity index (χ4n) is 2.61. The standard InChI is InChI=1S/C16H23NO3/c1-12-5-3-7-15(9-12)20-13(2)16(19)17-8-4-6-14(10-17)11-18/h3,5,7,9,13-14,18H,4,6,8,10-11H2,1-2H3. The van der Waals surface area contributed by atoms with Crippen molar-refractivity contribution in [1.82, 2.24) is 4.90 Å². The second-order valence-electron chi connectivity index (χ2n) is 5.55. The van der Waals surface area contributed by atoms with Crippen molar-refractivity contribution < 1.29 is 14.6 Å². The summed E-state index contributed by atoms with van der Waals surface area (Å²) in [5.74, 6) is 0.935. The second kappa shape index (κ2) is 6.75. The minimum absolute atomic E-state index is 0.00431. The SMILES string of the molecule is Cc1cccc(OC(C)C(=O)N2CCCC(CO)C2)c1. The van der Waals surface area contributed by atoms with Crippen LogP contribution in [-0.4, -0.2) is 41.7 Å². The number of carbonyl (C=O) groups is 1. The van der Waals surface area contributed by atoms with E-state index in [1.165, 1.54) is 0 Å². The molecule has 1 amide bonds. The van der Waals surface area contributed by atoms with Crippen molar-refractivity contribution in [2.45, 2.75) is 32.8 Å². The second-order valence-corrected chi connectivity index (χ2v) is 5.55. The molecule has 110 valence electrons. The van der Waals surface area contributed by atoms with Gasteiger partial charge in [-0.3, -0.25) is 4.79 Å². The zero-order valence-electron chi connectivity index (χ0n) is 12.2. The lowest BCUT2D eigenvalue weighted by molar-refractivity contribution is -0.140.